The first-order valence-electron chi connectivity index (χ1n) is 6.16. The summed E-state index contributed by atoms with van der Waals surface area (Å²) in [6, 6.07) is 13.0. The quantitative estimate of drug-likeness (QED) is 0.666. The van der Waals surface area contributed by atoms with E-state index in [-0.39, 0.29) is 12.5 Å². The Hall–Kier alpha value is -2.69. The highest BCUT2D eigenvalue weighted by atomic mass is 16.5. The van der Waals surface area contributed by atoms with Crippen molar-refractivity contribution < 1.29 is 9.53 Å². The van der Waals surface area contributed by atoms with E-state index in [1.807, 2.05) is 37.3 Å². The van der Waals surface area contributed by atoms with Crippen molar-refractivity contribution in [2.75, 3.05) is 6.61 Å². The van der Waals surface area contributed by atoms with Gasteiger partial charge in [0.15, 0.2) is 6.61 Å². The van der Waals surface area contributed by atoms with Gasteiger partial charge < -0.3 is 4.74 Å². The molecule has 0 aliphatic heterocycles. The molecule has 1 amide bonds. The highest BCUT2D eigenvalue weighted by molar-refractivity contribution is 5.81. The number of rotatable bonds is 5. The maximum Gasteiger partial charge on any atom is 0.277 e. The lowest BCUT2D eigenvalue weighted by Crippen LogP contribution is -2.24. The van der Waals surface area contributed by atoms with Crippen molar-refractivity contribution in [2.24, 2.45) is 5.10 Å². The Kier molecular flexibility index (Phi) is 4.83. The highest BCUT2D eigenvalue weighted by Gasteiger charge is 2.01. The van der Waals surface area contributed by atoms with Gasteiger partial charge in [0.1, 0.15) is 5.75 Å². The van der Waals surface area contributed by atoms with Gasteiger partial charge in [-0.1, -0.05) is 18.2 Å². The van der Waals surface area contributed by atoms with Crippen molar-refractivity contribution in [3.8, 4) is 5.75 Å². The van der Waals surface area contributed by atoms with Gasteiger partial charge in [0.05, 0.1) is 11.9 Å². The van der Waals surface area contributed by atoms with Gasteiger partial charge in [0.25, 0.3) is 5.91 Å². The van der Waals surface area contributed by atoms with Crippen molar-refractivity contribution >= 4 is 12.1 Å². The average molecular weight is 269 g/mol. The van der Waals surface area contributed by atoms with E-state index in [0.717, 1.165) is 5.56 Å². The van der Waals surface area contributed by atoms with Gasteiger partial charge in [0, 0.05) is 6.20 Å². The summed E-state index contributed by atoms with van der Waals surface area (Å²) in [5, 5.41) is 3.80. The predicted octanol–water partition coefficient (Wildman–Crippen LogP) is 1.92. The van der Waals surface area contributed by atoms with E-state index >= 15 is 0 Å². The molecule has 1 N–H and O–H groups in total. The predicted molar refractivity (Wildman–Crippen MR) is 76.6 cm³/mol. The molecule has 0 spiro atoms. The minimum atomic E-state index is -0.321. The topological polar surface area (TPSA) is 63.6 Å². The first kappa shape index (κ1) is 13.7. The van der Waals surface area contributed by atoms with E-state index in [1.165, 1.54) is 6.21 Å². The first-order valence-corrected chi connectivity index (χ1v) is 6.16. The number of aromatic nitrogens is 1. The molecule has 0 unspecified atom stereocenters. The summed E-state index contributed by atoms with van der Waals surface area (Å²) in [7, 11) is 0. The molecule has 102 valence electrons. The summed E-state index contributed by atoms with van der Waals surface area (Å²) >= 11 is 0. The normalized spacial score (nSPS) is 10.4. The van der Waals surface area contributed by atoms with Crippen LogP contribution in [0.3, 0.4) is 0 Å². The number of hydrogen-bond donors (Lipinski definition) is 1. The van der Waals surface area contributed by atoms with Crippen LogP contribution in [0.15, 0.2) is 53.8 Å². The zero-order valence-corrected chi connectivity index (χ0v) is 11.1. The number of benzene rings is 1. The first-order chi connectivity index (χ1) is 9.74. The molecule has 5 nitrogen and oxygen atoms in total. The van der Waals surface area contributed by atoms with Crippen LogP contribution in [0.4, 0.5) is 0 Å². The second-order valence-corrected chi connectivity index (χ2v) is 4.15. The van der Waals surface area contributed by atoms with E-state index in [4.69, 9.17) is 4.74 Å². The summed E-state index contributed by atoms with van der Waals surface area (Å²) in [4.78, 5) is 15.6. The Morgan fingerprint density at radius 2 is 2.25 bits per heavy atom. The lowest BCUT2D eigenvalue weighted by Gasteiger charge is -2.05. The van der Waals surface area contributed by atoms with Gasteiger partial charge >= 0.3 is 0 Å². The smallest absolute Gasteiger partial charge is 0.277 e. The number of hydrogen-bond acceptors (Lipinski definition) is 4. The molecule has 0 fully saturated rings. The van der Waals surface area contributed by atoms with Gasteiger partial charge in [-0.05, 0) is 36.8 Å². The van der Waals surface area contributed by atoms with Gasteiger partial charge in [-0.2, -0.15) is 5.10 Å². The number of pyridine rings is 1. The largest absolute Gasteiger partial charge is 0.484 e. The third kappa shape index (κ3) is 4.53. The number of carbonyl (C=O) groups excluding carboxylic acids is 1. The van der Waals surface area contributed by atoms with Gasteiger partial charge in [-0.15, -0.1) is 0 Å². The number of ether oxygens (including phenoxy) is 1. The number of amides is 1. The Balaban J connectivity index is 1.77. The fraction of sp³-hybridized carbons (Fsp3) is 0.133. The molecule has 0 saturated carbocycles. The molecule has 0 aliphatic carbocycles. The molecule has 0 atom stereocenters. The van der Waals surface area contributed by atoms with Gasteiger partial charge in [-0.3, -0.25) is 9.78 Å². The zero-order valence-electron chi connectivity index (χ0n) is 11.1. The molecule has 0 aliphatic rings. The average Bonchev–Trinajstić information content (AvgIpc) is 2.46. The summed E-state index contributed by atoms with van der Waals surface area (Å²) < 4.78 is 5.35. The van der Waals surface area contributed by atoms with E-state index in [2.05, 4.69) is 15.5 Å². The van der Waals surface area contributed by atoms with Crippen molar-refractivity contribution in [1.82, 2.24) is 10.4 Å². The van der Waals surface area contributed by atoms with Crippen molar-refractivity contribution in [3.63, 3.8) is 0 Å². The Morgan fingerprint density at radius 3 is 3.00 bits per heavy atom. The number of nitrogens with one attached hydrogen (secondary N) is 1. The summed E-state index contributed by atoms with van der Waals surface area (Å²) in [5.74, 6) is 0.340. The second kappa shape index (κ2) is 7.04. The molecule has 0 radical (unpaired) electrons. The molecule has 0 saturated heterocycles. The van der Waals surface area contributed by atoms with Crippen LogP contribution in [-0.4, -0.2) is 23.7 Å². The SMILES string of the molecule is Cc1cccc(OCC(=O)NN=Cc2ccccn2)c1. The van der Waals surface area contributed by atoms with E-state index in [1.54, 1.807) is 18.3 Å². The van der Waals surface area contributed by atoms with Gasteiger partial charge in [0.2, 0.25) is 0 Å². The molecule has 2 aromatic rings. The van der Waals surface area contributed by atoms with E-state index in [0.29, 0.717) is 11.4 Å². The molecular weight excluding hydrogens is 254 g/mol. The van der Waals surface area contributed by atoms with Crippen LogP contribution < -0.4 is 10.2 Å². The number of carbonyl (C=O) groups is 1. The van der Waals surface area contributed by atoms with E-state index < -0.39 is 0 Å². The molecule has 2 rings (SSSR count). The molecular formula is C15H15N3O2. The third-order valence-electron chi connectivity index (χ3n) is 2.43. The summed E-state index contributed by atoms with van der Waals surface area (Å²) in [6.45, 7) is 1.88. The molecule has 5 heteroatoms. The number of hydrazone groups is 1. The summed E-state index contributed by atoms with van der Waals surface area (Å²) in [5.41, 5.74) is 4.13. The maximum atomic E-state index is 11.5. The zero-order chi connectivity index (χ0) is 14.2. The van der Waals surface area contributed by atoms with E-state index in [9.17, 15) is 4.79 Å². The highest BCUT2D eigenvalue weighted by Crippen LogP contribution is 2.11. The maximum absolute atomic E-state index is 11.5. The van der Waals surface area contributed by atoms with Crippen LogP contribution in [-0.2, 0) is 4.79 Å². The Labute approximate surface area is 117 Å². The molecule has 1 aromatic carbocycles. The van der Waals surface area contributed by atoms with Crippen LogP contribution in [0.1, 0.15) is 11.3 Å². The fourth-order valence-electron chi connectivity index (χ4n) is 1.51. The van der Waals surface area contributed by atoms with Crippen molar-refractivity contribution in [1.29, 1.82) is 0 Å². The molecule has 1 heterocycles. The molecule has 0 bridgehead atoms. The van der Waals surface area contributed by atoms with Gasteiger partial charge in [-0.25, -0.2) is 5.43 Å². The minimum Gasteiger partial charge on any atom is -0.484 e. The lowest BCUT2D eigenvalue weighted by molar-refractivity contribution is -0.123. The number of aryl methyl sites for hydroxylation is 1. The van der Waals surface area contributed by atoms with Crippen LogP contribution >= 0.6 is 0 Å². The van der Waals surface area contributed by atoms with Crippen LogP contribution in [0, 0.1) is 6.92 Å². The fourth-order valence-corrected chi connectivity index (χ4v) is 1.51. The van der Waals surface area contributed by atoms with Crippen molar-refractivity contribution in [3.05, 3.63) is 59.9 Å². The standard InChI is InChI=1S/C15H15N3O2/c1-12-5-4-7-14(9-12)20-11-15(19)18-17-10-13-6-2-3-8-16-13/h2-10H,11H2,1H3,(H,18,19). The molecule has 20 heavy (non-hydrogen) atoms. The second-order valence-electron chi connectivity index (χ2n) is 4.15. The molecule has 1 aromatic heterocycles. The Bertz CT molecular complexity index is 597. The van der Waals surface area contributed by atoms with Crippen LogP contribution in [0.5, 0.6) is 5.75 Å². The minimum absolute atomic E-state index is 0.0803. The summed E-state index contributed by atoms with van der Waals surface area (Å²) in [6.07, 6.45) is 3.13. The van der Waals surface area contributed by atoms with Crippen LogP contribution in [0.2, 0.25) is 0 Å². The monoisotopic (exact) mass is 269 g/mol. The van der Waals surface area contributed by atoms with Crippen LogP contribution in [0.25, 0.3) is 0 Å². The van der Waals surface area contributed by atoms with Crippen molar-refractivity contribution in [2.45, 2.75) is 6.92 Å². The number of nitrogens with zero attached hydrogens (tertiary/aromatic N) is 2. The Morgan fingerprint density at radius 1 is 1.35 bits per heavy atom. The third-order valence-corrected chi connectivity index (χ3v) is 2.43. The lowest BCUT2D eigenvalue weighted by atomic mass is 10.2.